The molecule has 0 bridgehead atoms. The summed E-state index contributed by atoms with van der Waals surface area (Å²) >= 11 is 0. The lowest BCUT2D eigenvalue weighted by atomic mass is 10.7. The van der Waals surface area contributed by atoms with Gasteiger partial charge < -0.3 is 10.5 Å². The first kappa shape index (κ1) is 4.90. The molecule has 1 heterocycles. The molecule has 3 nitrogen and oxygen atoms in total. The van der Waals surface area contributed by atoms with Gasteiger partial charge in [-0.2, -0.15) is 0 Å². The molecule has 0 aromatic heterocycles. The molecule has 0 aromatic rings. The molecule has 0 atom stereocenters. The van der Waals surface area contributed by atoms with Crippen molar-refractivity contribution < 1.29 is 4.74 Å². The molecule has 0 unspecified atom stereocenters. The van der Waals surface area contributed by atoms with Crippen molar-refractivity contribution in [3.63, 3.8) is 0 Å². The van der Waals surface area contributed by atoms with Crippen molar-refractivity contribution in [3.05, 3.63) is 24.4 Å². The topological polar surface area (TPSA) is 47.6 Å². The Morgan fingerprint density at radius 2 is 2.50 bits per heavy atom. The van der Waals surface area contributed by atoms with E-state index in [9.17, 15) is 0 Å². The maximum absolute atomic E-state index is 5.23. The van der Waals surface area contributed by atoms with E-state index in [1.807, 2.05) is 0 Å². The van der Waals surface area contributed by atoms with E-state index in [0.29, 0.717) is 5.82 Å². The summed E-state index contributed by atoms with van der Waals surface area (Å²) in [5.74, 6) is 0.384. The van der Waals surface area contributed by atoms with Crippen LogP contribution in [0.5, 0.6) is 0 Å². The summed E-state index contributed by atoms with van der Waals surface area (Å²) < 4.78 is 4.71. The van der Waals surface area contributed by atoms with Gasteiger partial charge in [-0.1, -0.05) is 0 Å². The lowest BCUT2D eigenvalue weighted by molar-refractivity contribution is 0.399. The molecular formula is C5H6N2O. The van der Waals surface area contributed by atoms with E-state index in [1.165, 1.54) is 12.5 Å². The molecule has 42 valence electrons. The quantitative estimate of drug-likeness (QED) is 0.489. The van der Waals surface area contributed by atoms with Crippen LogP contribution < -0.4 is 5.73 Å². The zero-order valence-electron chi connectivity index (χ0n) is 4.24. The van der Waals surface area contributed by atoms with Gasteiger partial charge in [0, 0.05) is 6.21 Å². The largest absolute Gasteiger partial charge is 0.469 e. The Labute approximate surface area is 47.2 Å². The van der Waals surface area contributed by atoms with Gasteiger partial charge in [0.2, 0.25) is 0 Å². The van der Waals surface area contributed by atoms with Crippen molar-refractivity contribution >= 4 is 6.21 Å². The number of nitrogens with two attached hydrogens (primary N) is 1. The Balaban J connectivity index is 2.69. The zero-order chi connectivity index (χ0) is 5.82. The SMILES string of the molecule is NC1=COC=CC=N1. The van der Waals surface area contributed by atoms with Crippen LogP contribution in [0.2, 0.25) is 0 Å². The molecule has 2 N–H and O–H groups in total. The Kier molecular flexibility index (Phi) is 1.32. The molecule has 1 aliphatic heterocycles. The fraction of sp³-hybridized carbons (Fsp3) is 0. The van der Waals surface area contributed by atoms with Crippen LogP contribution in [-0.4, -0.2) is 6.21 Å². The molecule has 1 rings (SSSR count). The molecule has 1 aliphatic rings. The van der Waals surface area contributed by atoms with E-state index < -0.39 is 0 Å². The minimum atomic E-state index is 0.384. The van der Waals surface area contributed by atoms with Gasteiger partial charge in [0.15, 0.2) is 5.82 Å². The van der Waals surface area contributed by atoms with Crippen molar-refractivity contribution in [1.29, 1.82) is 0 Å². The minimum absolute atomic E-state index is 0.384. The molecule has 0 saturated carbocycles. The second-order valence-electron chi connectivity index (χ2n) is 1.29. The van der Waals surface area contributed by atoms with Crippen LogP contribution in [0.1, 0.15) is 0 Å². The van der Waals surface area contributed by atoms with E-state index in [2.05, 4.69) is 4.99 Å². The maximum atomic E-state index is 5.23. The highest BCUT2D eigenvalue weighted by molar-refractivity contribution is 5.71. The van der Waals surface area contributed by atoms with Crippen LogP contribution in [0, 0.1) is 0 Å². The van der Waals surface area contributed by atoms with Crippen LogP contribution in [0.15, 0.2) is 29.4 Å². The van der Waals surface area contributed by atoms with E-state index in [4.69, 9.17) is 10.5 Å². The Hall–Kier alpha value is -1.25. The highest BCUT2D eigenvalue weighted by Crippen LogP contribution is 1.90. The summed E-state index contributed by atoms with van der Waals surface area (Å²) in [4.78, 5) is 3.73. The molecule has 0 aromatic carbocycles. The smallest absolute Gasteiger partial charge is 0.158 e. The standard InChI is InChI=1S/C5H6N2O/c6-5-4-8-3-1-2-7-5/h1-4H,6H2. The Morgan fingerprint density at radius 1 is 1.62 bits per heavy atom. The number of hydrogen-bond donors (Lipinski definition) is 1. The third kappa shape index (κ3) is 1.11. The third-order valence-electron chi connectivity index (χ3n) is 0.656. The average molecular weight is 110 g/mol. The minimum Gasteiger partial charge on any atom is -0.469 e. The average Bonchev–Trinajstić information content (AvgIpc) is 1.94. The number of aliphatic imine (C=N–C) groups is 1. The second kappa shape index (κ2) is 2.16. The Bertz CT molecular complexity index is 155. The number of ether oxygens (including phenoxy) is 1. The summed E-state index contributed by atoms with van der Waals surface area (Å²) in [7, 11) is 0. The van der Waals surface area contributed by atoms with Crippen LogP contribution >= 0.6 is 0 Å². The first-order chi connectivity index (χ1) is 3.89. The number of hydrogen-bond acceptors (Lipinski definition) is 3. The fourth-order valence-electron chi connectivity index (χ4n) is 0.349. The van der Waals surface area contributed by atoms with Gasteiger partial charge in [-0.3, -0.25) is 0 Å². The monoisotopic (exact) mass is 110 g/mol. The molecule has 0 fully saturated rings. The maximum Gasteiger partial charge on any atom is 0.158 e. The lowest BCUT2D eigenvalue weighted by Crippen LogP contribution is -1.91. The predicted molar refractivity (Wildman–Crippen MR) is 31.0 cm³/mol. The van der Waals surface area contributed by atoms with Crippen molar-refractivity contribution in [1.82, 2.24) is 0 Å². The van der Waals surface area contributed by atoms with Gasteiger partial charge in [0.25, 0.3) is 0 Å². The Morgan fingerprint density at radius 3 is 3.38 bits per heavy atom. The van der Waals surface area contributed by atoms with Gasteiger partial charge in [-0.15, -0.1) is 0 Å². The van der Waals surface area contributed by atoms with Crippen LogP contribution in [0.4, 0.5) is 0 Å². The van der Waals surface area contributed by atoms with Crippen molar-refractivity contribution in [3.8, 4) is 0 Å². The normalized spacial score (nSPS) is 16.8. The van der Waals surface area contributed by atoms with Gasteiger partial charge >= 0.3 is 0 Å². The number of allylic oxidation sites excluding steroid dienone is 1. The van der Waals surface area contributed by atoms with E-state index in [-0.39, 0.29) is 0 Å². The van der Waals surface area contributed by atoms with Gasteiger partial charge in [-0.25, -0.2) is 4.99 Å². The molecule has 0 spiro atoms. The van der Waals surface area contributed by atoms with Crippen molar-refractivity contribution in [2.75, 3.05) is 0 Å². The summed E-state index contributed by atoms with van der Waals surface area (Å²) in [5, 5.41) is 0. The van der Waals surface area contributed by atoms with E-state index in [0.717, 1.165) is 0 Å². The summed E-state index contributed by atoms with van der Waals surface area (Å²) in [6, 6.07) is 0. The number of nitrogens with zero attached hydrogens (tertiary/aromatic N) is 1. The van der Waals surface area contributed by atoms with Crippen molar-refractivity contribution in [2.24, 2.45) is 10.7 Å². The molecule has 0 saturated heterocycles. The highest BCUT2D eigenvalue weighted by Gasteiger charge is 1.82. The molecule has 0 amide bonds. The highest BCUT2D eigenvalue weighted by atomic mass is 16.5. The van der Waals surface area contributed by atoms with E-state index >= 15 is 0 Å². The van der Waals surface area contributed by atoms with E-state index in [1.54, 1.807) is 12.3 Å². The molecule has 3 heteroatoms. The van der Waals surface area contributed by atoms with Gasteiger partial charge in [0.1, 0.15) is 6.26 Å². The summed E-state index contributed by atoms with van der Waals surface area (Å²) in [6.45, 7) is 0. The van der Waals surface area contributed by atoms with Crippen LogP contribution in [0.25, 0.3) is 0 Å². The second-order valence-corrected chi connectivity index (χ2v) is 1.29. The van der Waals surface area contributed by atoms with Gasteiger partial charge in [0.05, 0.1) is 6.26 Å². The fourth-order valence-corrected chi connectivity index (χ4v) is 0.349. The lowest BCUT2D eigenvalue weighted by Gasteiger charge is -1.86. The first-order valence-corrected chi connectivity index (χ1v) is 2.20. The molecule has 0 radical (unpaired) electrons. The molecule has 0 aliphatic carbocycles. The first-order valence-electron chi connectivity index (χ1n) is 2.20. The zero-order valence-corrected chi connectivity index (χ0v) is 4.24. The predicted octanol–water partition coefficient (Wildman–Crippen LogP) is 0.359. The molecular weight excluding hydrogens is 104 g/mol. The third-order valence-corrected chi connectivity index (χ3v) is 0.656. The number of rotatable bonds is 0. The van der Waals surface area contributed by atoms with Crippen LogP contribution in [-0.2, 0) is 4.74 Å². The summed E-state index contributed by atoms with van der Waals surface area (Å²) in [6.07, 6.45) is 6.11. The van der Waals surface area contributed by atoms with Crippen LogP contribution in [0.3, 0.4) is 0 Å². The molecule has 8 heavy (non-hydrogen) atoms. The van der Waals surface area contributed by atoms with Crippen molar-refractivity contribution in [2.45, 2.75) is 0 Å². The van der Waals surface area contributed by atoms with Gasteiger partial charge in [-0.05, 0) is 6.08 Å². The summed E-state index contributed by atoms with van der Waals surface area (Å²) in [5.41, 5.74) is 5.23.